The van der Waals surface area contributed by atoms with Gasteiger partial charge in [-0.3, -0.25) is 9.69 Å². The van der Waals surface area contributed by atoms with Crippen molar-refractivity contribution in [3.8, 4) is 0 Å². The third-order valence-electron chi connectivity index (χ3n) is 2.71. The third-order valence-corrected chi connectivity index (χ3v) is 2.71. The molecular formula is C11H10F3NO. The van der Waals surface area contributed by atoms with E-state index >= 15 is 0 Å². The van der Waals surface area contributed by atoms with Crippen molar-refractivity contribution in [3.05, 3.63) is 35.9 Å². The molecule has 0 radical (unpaired) electrons. The van der Waals surface area contributed by atoms with E-state index in [-0.39, 0.29) is 17.9 Å². The first-order chi connectivity index (χ1) is 7.50. The van der Waals surface area contributed by atoms with E-state index in [4.69, 9.17) is 0 Å². The highest BCUT2D eigenvalue weighted by Gasteiger charge is 2.47. The predicted molar refractivity (Wildman–Crippen MR) is 51.6 cm³/mol. The lowest BCUT2D eigenvalue weighted by molar-refractivity contribution is -0.235. The van der Waals surface area contributed by atoms with Crippen molar-refractivity contribution >= 4 is 5.91 Å². The summed E-state index contributed by atoms with van der Waals surface area (Å²) in [5, 5.41) is 0. The summed E-state index contributed by atoms with van der Waals surface area (Å²) in [6.07, 6.45) is -4.33. The molecule has 0 saturated carbocycles. The molecule has 0 N–H and O–H groups in total. The Balaban J connectivity index is 2.20. The van der Waals surface area contributed by atoms with Crippen LogP contribution in [-0.2, 0) is 4.79 Å². The molecule has 1 heterocycles. The van der Waals surface area contributed by atoms with Gasteiger partial charge in [0.15, 0.2) is 0 Å². The molecule has 0 spiro atoms. The molecule has 1 atom stereocenters. The van der Waals surface area contributed by atoms with Gasteiger partial charge in [-0.1, -0.05) is 30.3 Å². The molecule has 0 aromatic heterocycles. The minimum Gasteiger partial charge on any atom is -0.274 e. The van der Waals surface area contributed by atoms with Gasteiger partial charge < -0.3 is 0 Å². The van der Waals surface area contributed by atoms with Crippen molar-refractivity contribution in [2.24, 2.45) is 0 Å². The number of alkyl halides is 3. The van der Waals surface area contributed by atoms with Crippen LogP contribution in [0.5, 0.6) is 0 Å². The second-order valence-electron chi connectivity index (χ2n) is 3.71. The summed E-state index contributed by atoms with van der Waals surface area (Å²) in [6, 6.07) is 8.58. The second-order valence-corrected chi connectivity index (χ2v) is 3.71. The van der Waals surface area contributed by atoms with Gasteiger partial charge in [0.25, 0.3) is 0 Å². The molecule has 1 amide bonds. The van der Waals surface area contributed by atoms with Gasteiger partial charge in [0.05, 0.1) is 5.92 Å². The van der Waals surface area contributed by atoms with E-state index in [2.05, 4.69) is 0 Å². The van der Waals surface area contributed by atoms with Crippen molar-refractivity contribution in [2.45, 2.75) is 18.6 Å². The maximum Gasteiger partial charge on any atom is 0.487 e. The zero-order chi connectivity index (χ0) is 11.8. The number of rotatable bonds is 1. The Morgan fingerprint density at radius 1 is 1.19 bits per heavy atom. The summed E-state index contributed by atoms with van der Waals surface area (Å²) < 4.78 is 37.2. The monoisotopic (exact) mass is 229 g/mol. The molecule has 1 saturated heterocycles. The van der Waals surface area contributed by atoms with Crippen LogP contribution >= 0.6 is 0 Å². The first-order valence-electron chi connectivity index (χ1n) is 4.93. The van der Waals surface area contributed by atoms with Crippen LogP contribution in [0.4, 0.5) is 13.2 Å². The van der Waals surface area contributed by atoms with Gasteiger partial charge in [0, 0.05) is 6.54 Å². The van der Waals surface area contributed by atoms with Gasteiger partial charge in [-0.25, -0.2) is 0 Å². The fourth-order valence-corrected chi connectivity index (χ4v) is 1.93. The predicted octanol–water partition coefficient (Wildman–Crippen LogP) is 2.52. The molecule has 16 heavy (non-hydrogen) atoms. The van der Waals surface area contributed by atoms with Crippen LogP contribution in [0.2, 0.25) is 0 Å². The van der Waals surface area contributed by atoms with E-state index in [0.717, 1.165) is 0 Å². The van der Waals surface area contributed by atoms with E-state index in [9.17, 15) is 18.0 Å². The normalized spacial score (nSPS) is 21.6. The lowest BCUT2D eigenvalue weighted by Crippen LogP contribution is -2.39. The van der Waals surface area contributed by atoms with Crippen molar-refractivity contribution in [1.82, 2.24) is 4.90 Å². The van der Waals surface area contributed by atoms with Crippen LogP contribution in [0, 0.1) is 0 Å². The second kappa shape index (κ2) is 3.81. The quantitative estimate of drug-likeness (QED) is 0.677. The van der Waals surface area contributed by atoms with Gasteiger partial charge in [-0.15, -0.1) is 13.2 Å². The number of likely N-dealkylation sites (tertiary alicyclic amines) is 1. The van der Waals surface area contributed by atoms with Gasteiger partial charge in [-0.05, 0) is 12.0 Å². The Hall–Kier alpha value is -1.52. The van der Waals surface area contributed by atoms with E-state index in [0.29, 0.717) is 5.56 Å². The number of amides is 1. The smallest absolute Gasteiger partial charge is 0.274 e. The highest BCUT2D eigenvalue weighted by atomic mass is 19.4. The fourth-order valence-electron chi connectivity index (χ4n) is 1.93. The maximum atomic E-state index is 12.4. The number of carbonyl (C=O) groups is 1. The third kappa shape index (κ3) is 1.89. The zero-order valence-electron chi connectivity index (χ0n) is 8.37. The molecule has 2 rings (SSSR count). The van der Waals surface area contributed by atoms with Crippen LogP contribution in [0.15, 0.2) is 30.3 Å². The Bertz CT molecular complexity index is 388. The van der Waals surface area contributed by atoms with Gasteiger partial charge >= 0.3 is 6.30 Å². The van der Waals surface area contributed by atoms with Crippen LogP contribution < -0.4 is 0 Å². The number of hydrogen-bond acceptors (Lipinski definition) is 1. The summed E-state index contributed by atoms with van der Waals surface area (Å²) in [5.41, 5.74) is 0.652. The summed E-state index contributed by atoms with van der Waals surface area (Å²) in [4.78, 5) is 11.5. The minimum absolute atomic E-state index is 0.00926. The van der Waals surface area contributed by atoms with Gasteiger partial charge in [-0.2, -0.15) is 0 Å². The number of hydrogen-bond donors (Lipinski definition) is 0. The molecule has 0 aliphatic carbocycles. The molecule has 1 aliphatic heterocycles. The van der Waals surface area contributed by atoms with Crippen molar-refractivity contribution in [3.63, 3.8) is 0 Å². The average Bonchev–Trinajstić information content (AvgIpc) is 2.61. The van der Waals surface area contributed by atoms with Crippen LogP contribution in [-0.4, -0.2) is 23.7 Å². The van der Waals surface area contributed by atoms with Crippen LogP contribution in [0.25, 0.3) is 0 Å². The van der Waals surface area contributed by atoms with Crippen molar-refractivity contribution < 1.29 is 18.0 Å². The van der Waals surface area contributed by atoms with Crippen LogP contribution in [0.3, 0.4) is 0 Å². The Morgan fingerprint density at radius 2 is 1.81 bits per heavy atom. The summed E-state index contributed by atoms with van der Waals surface area (Å²) in [6.45, 7) is -0.248. The first kappa shape index (κ1) is 11.0. The number of carbonyl (C=O) groups excluding carboxylic acids is 1. The van der Waals surface area contributed by atoms with Gasteiger partial charge in [0.1, 0.15) is 0 Å². The molecule has 2 nitrogen and oxygen atoms in total. The molecule has 1 aliphatic rings. The highest BCUT2D eigenvalue weighted by molar-refractivity contribution is 5.86. The van der Waals surface area contributed by atoms with Gasteiger partial charge in [0.2, 0.25) is 5.91 Å². The SMILES string of the molecule is O=C1C(c2ccccc2)CCN1C(F)(F)F. The van der Waals surface area contributed by atoms with E-state index in [1.807, 2.05) is 0 Å². The lowest BCUT2D eigenvalue weighted by Gasteiger charge is -2.19. The Kier molecular flexibility index (Phi) is 2.61. The fraction of sp³-hybridized carbons (Fsp3) is 0.364. The minimum atomic E-state index is -4.55. The van der Waals surface area contributed by atoms with E-state index < -0.39 is 18.1 Å². The molecular weight excluding hydrogens is 219 g/mol. The molecule has 1 aromatic rings. The van der Waals surface area contributed by atoms with E-state index in [1.165, 1.54) is 0 Å². The summed E-state index contributed by atoms with van der Waals surface area (Å²) in [5.74, 6) is -1.50. The summed E-state index contributed by atoms with van der Waals surface area (Å²) in [7, 11) is 0. The Labute approximate surface area is 90.7 Å². The molecule has 86 valence electrons. The molecule has 1 aromatic carbocycles. The lowest BCUT2D eigenvalue weighted by atomic mass is 9.98. The standard InChI is InChI=1S/C11H10F3NO/c12-11(13,14)15-7-6-9(10(15)16)8-4-2-1-3-5-8/h1-5,9H,6-7H2. The Morgan fingerprint density at radius 3 is 2.31 bits per heavy atom. The highest BCUT2D eigenvalue weighted by Crippen LogP contribution is 2.34. The first-order valence-corrected chi connectivity index (χ1v) is 4.93. The molecule has 1 fully saturated rings. The topological polar surface area (TPSA) is 20.3 Å². The van der Waals surface area contributed by atoms with Crippen molar-refractivity contribution in [1.29, 1.82) is 0 Å². The number of halogens is 3. The largest absolute Gasteiger partial charge is 0.487 e. The number of benzene rings is 1. The van der Waals surface area contributed by atoms with E-state index in [1.54, 1.807) is 30.3 Å². The zero-order valence-corrected chi connectivity index (χ0v) is 8.37. The summed E-state index contributed by atoms with van der Waals surface area (Å²) >= 11 is 0. The molecule has 1 unspecified atom stereocenters. The van der Waals surface area contributed by atoms with Crippen LogP contribution in [0.1, 0.15) is 17.9 Å². The molecule has 5 heteroatoms. The number of nitrogens with zero attached hydrogens (tertiary/aromatic N) is 1. The van der Waals surface area contributed by atoms with Crippen molar-refractivity contribution in [2.75, 3.05) is 6.54 Å². The molecule has 0 bridgehead atoms. The maximum absolute atomic E-state index is 12.4. The average molecular weight is 229 g/mol.